The Kier molecular flexibility index (Phi) is 4.96. The average molecular weight is 290 g/mol. The van der Waals surface area contributed by atoms with Gasteiger partial charge in [0.05, 0.1) is 5.92 Å². The summed E-state index contributed by atoms with van der Waals surface area (Å²) in [7, 11) is 1.88. The molecule has 5 heteroatoms. The molecule has 2 unspecified atom stereocenters. The number of likely N-dealkylation sites (N-methyl/N-ethyl adjacent to an activating group) is 1. The summed E-state index contributed by atoms with van der Waals surface area (Å²) in [6.45, 7) is 3.50. The van der Waals surface area contributed by atoms with E-state index in [4.69, 9.17) is 0 Å². The molecule has 1 saturated heterocycles. The van der Waals surface area contributed by atoms with Gasteiger partial charge in [0.25, 0.3) is 5.91 Å². The second-order valence-electron chi connectivity index (χ2n) is 5.64. The van der Waals surface area contributed by atoms with Crippen molar-refractivity contribution in [3.8, 4) is 0 Å². The monoisotopic (exact) mass is 290 g/mol. The van der Waals surface area contributed by atoms with Crippen molar-refractivity contribution in [2.45, 2.75) is 13.3 Å². The van der Waals surface area contributed by atoms with Crippen LogP contribution in [0.25, 0.3) is 0 Å². The van der Waals surface area contributed by atoms with E-state index in [9.17, 15) is 14.7 Å². The van der Waals surface area contributed by atoms with E-state index < -0.39 is 11.9 Å². The first-order chi connectivity index (χ1) is 10.0. The molecule has 0 aliphatic carbocycles. The van der Waals surface area contributed by atoms with Crippen LogP contribution in [0.3, 0.4) is 0 Å². The predicted octanol–water partition coefficient (Wildman–Crippen LogP) is 1.24. The van der Waals surface area contributed by atoms with E-state index in [1.165, 1.54) is 0 Å². The average Bonchev–Trinajstić information content (AvgIpc) is 2.87. The number of hydrogen-bond acceptors (Lipinski definition) is 3. The quantitative estimate of drug-likeness (QED) is 0.856. The molecule has 0 aromatic heterocycles. The molecule has 21 heavy (non-hydrogen) atoms. The summed E-state index contributed by atoms with van der Waals surface area (Å²) in [4.78, 5) is 25.5. The highest BCUT2D eigenvalue weighted by Crippen LogP contribution is 2.25. The lowest BCUT2D eigenvalue weighted by atomic mass is 9.99. The summed E-state index contributed by atoms with van der Waals surface area (Å²) in [6.07, 6.45) is 0.782. The summed E-state index contributed by atoms with van der Waals surface area (Å²) in [5.74, 6) is -1.34. The fourth-order valence-corrected chi connectivity index (χ4v) is 2.83. The van der Waals surface area contributed by atoms with Crippen molar-refractivity contribution in [3.05, 3.63) is 35.4 Å². The Labute approximate surface area is 125 Å². The van der Waals surface area contributed by atoms with Gasteiger partial charge >= 0.3 is 5.97 Å². The van der Waals surface area contributed by atoms with Crippen LogP contribution >= 0.6 is 0 Å². The number of likely N-dealkylation sites (tertiary alicyclic amines) is 1. The molecule has 2 N–H and O–H groups in total. The van der Waals surface area contributed by atoms with Crippen molar-refractivity contribution in [2.24, 2.45) is 11.8 Å². The highest BCUT2D eigenvalue weighted by atomic mass is 16.4. The number of nitrogens with zero attached hydrogens (tertiary/aromatic N) is 1. The van der Waals surface area contributed by atoms with Gasteiger partial charge in [-0.2, -0.15) is 0 Å². The van der Waals surface area contributed by atoms with Crippen LogP contribution in [-0.4, -0.2) is 48.6 Å². The lowest BCUT2D eigenvalue weighted by Crippen LogP contribution is -2.31. The van der Waals surface area contributed by atoms with Crippen LogP contribution in [0.2, 0.25) is 0 Å². The zero-order valence-electron chi connectivity index (χ0n) is 12.5. The normalized spacial score (nSPS) is 21.5. The molecule has 1 aromatic carbocycles. The van der Waals surface area contributed by atoms with E-state index in [1.807, 2.05) is 38.2 Å². The third kappa shape index (κ3) is 3.42. The molecular weight excluding hydrogens is 268 g/mol. The van der Waals surface area contributed by atoms with Gasteiger partial charge in [0.15, 0.2) is 0 Å². The lowest BCUT2D eigenvalue weighted by molar-refractivity contribution is -0.142. The Hall–Kier alpha value is -1.88. The molecule has 5 nitrogen and oxygen atoms in total. The number of hydrogen-bond donors (Lipinski definition) is 2. The highest BCUT2D eigenvalue weighted by Gasteiger charge is 2.37. The predicted molar refractivity (Wildman–Crippen MR) is 80.3 cm³/mol. The molecule has 1 aliphatic heterocycles. The number of carbonyl (C=O) groups excluding carboxylic acids is 1. The van der Waals surface area contributed by atoms with Crippen LogP contribution in [0, 0.1) is 11.8 Å². The summed E-state index contributed by atoms with van der Waals surface area (Å²) >= 11 is 0. The van der Waals surface area contributed by atoms with Crippen LogP contribution < -0.4 is 5.32 Å². The molecule has 0 spiro atoms. The number of rotatable bonds is 5. The van der Waals surface area contributed by atoms with Gasteiger partial charge in [-0.15, -0.1) is 0 Å². The Morgan fingerprint density at radius 3 is 2.67 bits per heavy atom. The number of carbonyl (C=O) groups is 2. The molecule has 1 aromatic rings. The van der Waals surface area contributed by atoms with Gasteiger partial charge in [-0.05, 0) is 37.6 Å². The van der Waals surface area contributed by atoms with Gasteiger partial charge in [0.2, 0.25) is 0 Å². The maximum atomic E-state index is 12.7. The number of amides is 1. The van der Waals surface area contributed by atoms with E-state index in [0.29, 0.717) is 18.7 Å². The summed E-state index contributed by atoms with van der Waals surface area (Å²) in [5.41, 5.74) is 1.69. The van der Waals surface area contributed by atoms with Crippen molar-refractivity contribution in [1.29, 1.82) is 0 Å². The van der Waals surface area contributed by atoms with Crippen molar-refractivity contribution in [1.82, 2.24) is 10.2 Å². The van der Waals surface area contributed by atoms with Gasteiger partial charge in [-0.25, -0.2) is 0 Å². The van der Waals surface area contributed by atoms with Gasteiger partial charge in [-0.3, -0.25) is 9.59 Å². The fraction of sp³-hybridized carbons (Fsp3) is 0.500. The SMILES string of the molecule is CNCCc1ccccc1C(=O)N1CC(C)C(C(=O)O)C1. The molecule has 1 heterocycles. The van der Waals surface area contributed by atoms with Gasteiger partial charge < -0.3 is 15.3 Å². The van der Waals surface area contributed by atoms with E-state index in [0.717, 1.165) is 18.5 Å². The smallest absolute Gasteiger partial charge is 0.308 e. The number of benzene rings is 1. The maximum Gasteiger partial charge on any atom is 0.308 e. The second kappa shape index (κ2) is 6.72. The molecule has 1 fully saturated rings. The topological polar surface area (TPSA) is 69.6 Å². The molecule has 0 saturated carbocycles. The van der Waals surface area contributed by atoms with E-state index in [1.54, 1.807) is 4.90 Å². The van der Waals surface area contributed by atoms with E-state index in [2.05, 4.69) is 5.32 Å². The Balaban J connectivity index is 2.16. The van der Waals surface area contributed by atoms with Crippen molar-refractivity contribution in [2.75, 3.05) is 26.7 Å². The molecule has 1 aliphatic rings. The second-order valence-corrected chi connectivity index (χ2v) is 5.64. The molecule has 2 atom stereocenters. The Morgan fingerprint density at radius 2 is 2.05 bits per heavy atom. The number of carboxylic acid groups (broad SMARTS) is 1. The molecule has 2 rings (SSSR count). The Bertz CT molecular complexity index is 530. The van der Waals surface area contributed by atoms with Crippen LogP contribution in [0.1, 0.15) is 22.8 Å². The van der Waals surface area contributed by atoms with Crippen LogP contribution in [0.5, 0.6) is 0 Å². The largest absolute Gasteiger partial charge is 0.481 e. The van der Waals surface area contributed by atoms with E-state index >= 15 is 0 Å². The van der Waals surface area contributed by atoms with Crippen molar-refractivity contribution < 1.29 is 14.7 Å². The number of nitrogens with one attached hydrogen (secondary N) is 1. The van der Waals surface area contributed by atoms with E-state index in [-0.39, 0.29) is 11.8 Å². The fourth-order valence-electron chi connectivity index (χ4n) is 2.83. The minimum Gasteiger partial charge on any atom is -0.481 e. The summed E-state index contributed by atoms with van der Waals surface area (Å²) in [5, 5.41) is 12.3. The molecule has 0 radical (unpaired) electrons. The minimum atomic E-state index is -0.818. The highest BCUT2D eigenvalue weighted by molar-refractivity contribution is 5.96. The summed E-state index contributed by atoms with van der Waals surface area (Å²) < 4.78 is 0. The molecule has 1 amide bonds. The zero-order valence-corrected chi connectivity index (χ0v) is 12.5. The standard InChI is InChI=1S/C16H22N2O3/c1-11-9-18(10-14(11)16(20)21)15(19)13-6-4-3-5-12(13)7-8-17-2/h3-6,11,14,17H,7-10H2,1-2H3,(H,20,21). The van der Waals surface area contributed by atoms with Crippen LogP contribution in [-0.2, 0) is 11.2 Å². The molecule has 0 bridgehead atoms. The van der Waals surface area contributed by atoms with Crippen molar-refractivity contribution >= 4 is 11.9 Å². The molecular formula is C16H22N2O3. The minimum absolute atomic E-state index is 0.00378. The lowest BCUT2D eigenvalue weighted by Gasteiger charge is -2.18. The summed E-state index contributed by atoms with van der Waals surface area (Å²) in [6, 6.07) is 7.56. The van der Waals surface area contributed by atoms with Gasteiger partial charge in [0, 0.05) is 18.7 Å². The van der Waals surface area contributed by atoms with Crippen molar-refractivity contribution in [3.63, 3.8) is 0 Å². The van der Waals surface area contributed by atoms with Gasteiger partial charge in [-0.1, -0.05) is 25.1 Å². The number of carboxylic acids is 1. The first-order valence-electron chi connectivity index (χ1n) is 7.29. The third-order valence-corrected chi connectivity index (χ3v) is 4.11. The first kappa shape index (κ1) is 15.5. The van der Waals surface area contributed by atoms with Gasteiger partial charge in [0.1, 0.15) is 0 Å². The first-order valence-corrected chi connectivity index (χ1v) is 7.29. The molecule has 114 valence electrons. The maximum absolute atomic E-state index is 12.7. The Morgan fingerprint density at radius 1 is 1.33 bits per heavy atom. The van der Waals surface area contributed by atoms with Crippen LogP contribution in [0.15, 0.2) is 24.3 Å². The van der Waals surface area contributed by atoms with Crippen LogP contribution in [0.4, 0.5) is 0 Å². The number of aliphatic carboxylic acids is 1. The zero-order chi connectivity index (χ0) is 15.4. The third-order valence-electron chi connectivity index (χ3n) is 4.11.